The minimum atomic E-state index is 0.0907. The highest BCUT2D eigenvalue weighted by Gasteiger charge is 2.08. The molecule has 0 aromatic heterocycles. The Labute approximate surface area is 229 Å². The molecule has 4 aromatic rings. The number of amidine groups is 2. The predicted molar refractivity (Wildman–Crippen MR) is 159 cm³/mol. The molecule has 0 atom stereocenters. The predicted octanol–water partition coefficient (Wildman–Crippen LogP) is 7.65. The third kappa shape index (κ3) is 7.61. The van der Waals surface area contributed by atoms with Crippen LogP contribution in [0, 0.1) is 9.81 Å². The molecule has 38 heavy (non-hydrogen) atoms. The van der Waals surface area contributed by atoms with Crippen molar-refractivity contribution in [1.29, 1.82) is 0 Å². The molecule has 4 rings (SSSR count). The molecule has 0 saturated heterocycles. The van der Waals surface area contributed by atoms with Crippen molar-refractivity contribution in [2.75, 3.05) is 22.4 Å². The normalized spacial score (nSPS) is 11.6. The SMILES string of the molecule is O=N/C(=N\Nc1ccccc1SCCSc1ccccc1N/N=C(/N=O)c1ccccc1)c1ccccc1. The first kappa shape index (κ1) is 26.8. The van der Waals surface area contributed by atoms with Crippen LogP contribution in [0.4, 0.5) is 11.4 Å². The quantitative estimate of drug-likeness (QED) is 0.0505. The van der Waals surface area contributed by atoms with Crippen LogP contribution in [-0.4, -0.2) is 23.2 Å². The van der Waals surface area contributed by atoms with Crippen LogP contribution in [0.3, 0.4) is 0 Å². The molecule has 0 aliphatic rings. The van der Waals surface area contributed by atoms with Crippen LogP contribution < -0.4 is 10.9 Å². The number of nitrogens with zero attached hydrogens (tertiary/aromatic N) is 4. The molecular weight excluding hydrogens is 516 g/mol. The Bertz CT molecular complexity index is 1310. The molecule has 0 bridgehead atoms. The molecule has 0 radical (unpaired) electrons. The zero-order chi connectivity index (χ0) is 26.4. The van der Waals surface area contributed by atoms with Gasteiger partial charge in [-0.2, -0.15) is 10.2 Å². The maximum Gasteiger partial charge on any atom is 0.222 e. The fraction of sp³-hybridized carbons (Fsp3) is 0.0714. The molecule has 0 saturated carbocycles. The van der Waals surface area contributed by atoms with Gasteiger partial charge in [0.15, 0.2) is 0 Å². The lowest BCUT2D eigenvalue weighted by molar-refractivity contribution is 1.26. The standard InChI is InChI=1S/C28H24N6O2S2/c35-33-27(21-11-3-1-4-12-21)31-29-23-15-7-9-17-25(23)37-19-20-38-26-18-10-8-16-24(26)30-32-28(34-36)22-13-5-2-6-14-22/h1-18,29-30H,19-20H2/b31-27-,32-28+. The molecule has 0 fully saturated rings. The van der Waals surface area contributed by atoms with Crippen LogP contribution in [0.5, 0.6) is 0 Å². The van der Waals surface area contributed by atoms with Crippen LogP contribution in [0.1, 0.15) is 11.1 Å². The van der Waals surface area contributed by atoms with E-state index in [4.69, 9.17) is 0 Å². The second-order valence-corrected chi connectivity index (χ2v) is 9.97. The van der Waals surface area contributed by atoms with Crippen molar-refractivity contribution in [2.24, 2.45) is 20.6 Å². The lowest BCUT2D eigenvalue weighted by Gasteiger charge is -2.10. The van der Waals surface area contributed by atoms with Gasteiger partial charge in [0, 0.05) is 32.4 Å². The number of hydrogen-bond donors (Lipinski definition) is 2. The number of hydrogen-bond acceptors (Lipinski definition) is 8. The Balaban J connectivity index is 1.35. The molecule has 0 spiro atoms. The molecule has 8 nitrogen and oxygen atoms in total. The van der Waals surface area contributed by atoms with E-state index < -0.39 is 0 Å². The first-order valence-corrected chi connectivity index (χ1v) is 13.6. The number of hydrazone groups is 2. The summed E-state index contributed by atoms with van der Waals surface area (Å²) in [6.45, 7) is 0. The van der Waals surface area contributed by atoms with Gasteiger partial charge in [0.25, 0.3) is 0 Å². The van der Waals surface area contributed by atoms with E-state index in [1.54, 1.807) is 47.8 Å². The zero-order valence-electron chi connectivity index (χ0n) is 20.2. The molecule has 0 amide bonds. The molecule has 190 valence electrons. The maximum absolute atomic E-state index is 11.3. The highest BCUT2D eigenvalue weighted by Crippen LogP contribution is 2.31. The first-order chi connectivity index (χ1) is 18.8. The molecule has 0 aliphatic carbocycles. The number of para-hydroxylation sites is 2. The van der Waals surface area contributed by atoms with Crippen LogP contribution in [0.2, 0.25) is 0 Å². The summed E-state index contributed by atoms with van der Waals surface area (Å²) in [5.74, 6) is 1.83. The summed E-state index contributed by atoms with van der Waals surface area (Å²) in [6.07, 6.45) is 0. The van der Waals surface area contributed by atoms with E-state index >= 15 is 0 Å². The van der Waals surface area contributed by atoms with Crippen molar-refractivity contribution in [2.45, 2.75) is 9.79 Å². The molecule has 0 unspecified atom stereocenters. The summed E-state index contributed by atoms with van der Waals surface area (Å²) in [4.78, 5) is 24.6. The Morgan fingerprint density at radius 2 is 0.895 bits per heavy atom. The minimum absolute atomic E-state index is 0.0907. The van der Waals surface area contributed by atoms with Crippen molar-refractivity contribution in [3.63, 3.8) is 0 Å². The molecule has 2 N–H and O–H groups in total. The second-order valence-electron chi connectivity index (χ2n) is 7.70. The van der Waals surface area contributed by atoms with Gasteiger partial charge in [0.2, 0.25) is 11.7 Å². The van der Waals surface area contributed by atoms with Gasteiger partial charge in [0.05, 0.1) is 11.4 Å². The number of benzene rings is 4. The second kappa shape index (κ2) is 14.5. The maximum atomic E-state index is 11.3. The van der Waals surface area contributed by atoms with Crippen molar-refractivity contribution < 1.29 is 0 Å². The van der Waals surface area contributed by atoms with E-state index in [9.17, 15) is 9.81 Å². The average molecular weight is 541 g/mol. The van der Waals surface area contributed by atoms with Crippen molar-refractivity contribution in [3.05, 3.63) is 130 Å². The van der Waals surface area contributed by atoms with Crippen LogP contribution in [0.15, 0.2) is 140 Å². The highest BCUT2D eigenvalue weighted by molar-refractivity contribution is 8.03. The van der Waals surface area contributed by atoms with Crippen molar-refractivity contribution in [1.82, 2.24) is 0 Å². The van der Waals surface area contributed by atoms with E-state index in [0.717, 1.165) is 32.7 Å². The smallest absolute Gasteiger partial charge is 0.222 e. The van der Waals surface area contributed by atoms with E-state index in [2.05, 4.69) is 31.4 Å². The highest BCUT2D eigenvalue weighted by atomic mass is 32.2. The Morgan fingerprint density at radius 3 is 1.29 bits per heavy atom. The first-order valence-electron chi connectivity index (χ1n) is 11.7. The van der Waals surface area contributed by atoms with Gasteiger partial charge in [0.1, 0.15) is 0 Å². The molecule has 4 aromatic carbocycles. The van der Waals surface area contributed by atoms with E-state index in [0.29, 0.717) is 11.1 Å². The van der Waals surface area contributed by atoms with Crippen LogP contribution >= 0.6 is 23.5 Å². The third-order valence-corrected chi connectivity index (χ3v) is 7.58. The lowest BCUT2D eigenvalue weighted by Crippen LogP contribution is -2.02. The number of rotatable bonds is 11. The van der Waals surface area contributed by atoms with Gasteiger partial charge in [-0.1, -0.05) is 84.9 Å². The number of thioether (sulfide) groups is 2. The number of nitrogens with one attached hydrogen (secondary N) is 2. The summed E-state index contributed by atoms with van der Waals surface area (Å²) in [5.41, 5.74) is 8.86. The van der Waals surface area contributed by atoms with Gasteiger partial charge >= 0.3 is 0 Å². The Hall–Kier alpha value is -4.28. The van der Waals surface area contributed by atoms with Gasteiger partial charge < -0.3 is 0 Å². The van der Waals surface area contributed by atoms with E-state index in [1.807, 2.05) is 84.9 Å². The lowest BCUT2D eigenvalue weighted by atomic mass is 10.2. The fourth-order valence-electron chi connectivity index (χ4n) is 3.35. The summed E-state index contributed by atoms with van der Waals surface area (Å²) in [7, 11) is 0. The zero-order valence-corrected chi connectivity index (χ0v) is 21.9. The average Bonchev–Trinajstić information content (AvgIpc) is 2.98. The molecule has 10 heteroatoms. The minimum Gasteiger partial charge on any atom is -0.275 e. The third-order valence-electron chi connectivity index (χ3n) is 5.17. The van der Waals surface area contributed by atoms with Gasteiger partial charge in [-0.15, -0.1) is 33.3 Å². The number of anilines is 2. The Morgan fingerprint density at radius 1 is 0.526 bits per heavy atom. The fourth-order valence-corrected chi connectivity index (χ4v) is 5.34. The molecular formula is C28H24N6O2S2. The van der Waals surface area contributed by atoms with Gasteiger partial charge in [-0.3, -0.25) is 10.9 Å². The topological polar surface area (TPSA) is 108 Å². The number of nitroso groups, excluding NO2 is 2. The summed E-state index contributed by atoms with van der Waals surface area (Å²) < 4.78 is 0. The molecule has 0 aliphatic heterocycles. The van der Waals surface area contributed by atoms with Gasteiger partial charge in [-0.05, 0) is 34.6 Å². The van der Waals surface area contributed by atoms with Crippen LogP contribution in [-0.2, 0) is 0 Å². The van der Waals surface area contributed by atoms with E-state index in [-0.39, 0.29) is 11.7 Å². The monoisotopic (exact) mass is 540 g/mol. The Kier molecular flexibility index (Phi) is 10.2. The van der Waals surface area contributed by atoms with Crippen molar-refractivity contribution in [3.8, 4) is 0 Å². The largest absolute Gasteiger partial charge is 0.275 e. The molecule has 0 heterocycles. The van der Waals surface area contributed by atoms with Crippen LogP contribution in [0.25, 0.3) is 0 Å². The summed E-state index contributed by atoms with van der Waals surface area (Å²) >= 11 is 3.36. The van der Waals surface area contributed by atoms with Crippen molar-refractivity contribution >= 4 is 46.6 Å². The summed E-state index contributed by atoms with van der Waals surface area (Å²) in [5, 5.41) is 14.5. The van der Waals surface area contributed by atoms with Gasteiger partial charge in [-0.25, -0.2) is 0 Å². The summed E-state index contributed by atoms with van der Waals surface area (Å²) in [6, 6.07) is 33.8. The van der Waals surface area contributed by atoms with E-state index in [1.165, 1.54) is 0 Å².